The third-order valence-corrected chi connectivity index (χ3v) is 5.61. The van der Waals surface area contributed by atoms with Gasteiger partial charge in [0.2, 0.25) is 0 Å². The predicted molar refractivity (Wildman–Crippen MR) is 91.8 cm³/mol. The molecule has 1 fully saturated rings. The van der Waals surface area contributed by atoms with Crippen molar-refractivity contribution in [2.75, 3.05) is 13.1 Å². The van der Waals surface area contributed by atoms with Crippen LogP contribution in [0.3, 0.4) is 0 Å². The van der Waals surface area contributed by atoms with Gasteiger partial charge in [-0.1, -0.05) is 25.2 Å². The van der Waals surface area contributed by atoms with Crippen LogP contribution >= 0.6 is 0 Å². The number of aliphatic hydroxyl groups is 1. The molecule has 0 spiro atoms. The molecule has 0 aromatic carbocycles. The number of piperidine rings is 1. The number of nitrogens with zero attached hydrogens (tertiary/aromatic N) is 1. The molecule has 4 heteroatoms. The summed E-state index contributed by atoms with van der Waals surface area (Å²) in [7, 11) is 0. The molecule has 0 saturated carbocycles. The number of β-amino-alcohol motifs (C(OH)–C–C–N with tert-alkyl or cyclic N) is 1. The highest BCUT2D eigenvalue weighted by molar-refractivity contribution is 5.36. The maximum absolute atomic E-state index is 15.3. The molecule has 3 nitrogen and oxygen atoms in total. The van der Waals surface area contributed by atoms with Gasteiger partial charge in [-0.05, 0) is 44.8 Å². The summed E-state index contributed by atoms with van der Waals surface area (Å²) in [6.07, 6.45) is 10.9. The minimum Gasteiger partial charge on any atom is -0.390 e. The molecule has 5 atom stereocenters. The fourth-order valence-corrected chi connectivity index (χ4v) is 4.51. The second-order valence-corrected chi connectivity index (χ2v) is 7.32. The van der Waals surface area contributed by atoms with E-state index in [-0.39, 0.29) is 6.04 Å². The molecule has 2 heterocycles. The molecule has 128 valence electrons. The summed E-state index contributed by atoms with van der Waals surface area (Å²) < 4.78 is 15.3. The van der Waals surface area contributed by atoms with Gasteiger partial charge in [0.05, 0.1) is 12.1 Å². The number of alkyl halides is 1. The van der Waals surface area contributed by atoms with E-state index in [0.717, 1.165) is 25.0 Å². The Morgan fingerprint density at radius 3 is 2.87 bits per heavy atom. The van der Waals surface area contributed by atoms with E-state index in [1.54, 1.807) is 6.92 Å². The first-order valence-electron chi connectivity index (χ1n) is 8.85. The molecule has 23 heavy (non-hydrogen) atoms. The van der Waals surface area contributed by atoms with Crippen molar-refractivity contribution in [2.24, 2.45) is 5.92 Å². The lowest BCUT2D eigenvalue weighted by atomic mass is 9.83. The Labute approximate surface area is 138 Å². The SMILES string of the molecule is CCC=CC1=C(C)C2CC=CCC2N1C1C(O)CNCC1(C)F. The van der Waals surface area contributed by atoms with Crippen LogP contribution in [0, 0.1) is 5.92 Å². The topological polar surface area (TPSA) is 35.5 Å². The Bertz CT molecular complexity index is 537. The summed E-state index contributed by atoms with van der Waals surface area (Å²) >= 11 is 0. The summed E-state index contributed by atoms with van der Waals surface area (Å²) in [5.41, 5.74) is 1.02. The number of allylic oxidation sites excluding steroid dienone is 3. The highest BCUT2D eigenvalue weighted by Crippen LogP contribution is 2.45. The van der Waals surface area contributed by atoms with Gasteiger partial charge in [-0.2, -0.15) is 0 Å². The second kappa shape index (κ2) is 6.40. The zero-order valence-electron chi connectivity index (χ0n) is 14.4. The van der Waals surface area contributed by atoms with Crippen LogP contribution in [-0.2, 0) is 0 Å². The summed E-state index contributed by atoms with van der Waals surface area (Å²) in [5.74, 6) is 0.439. The highest BCUT2D eigenvalue weighted by atomic mass is 19.1. The van der Waals surface area contributed by atoms with Gasteiger partial charge in [0.1, 0.15) is 5.67 Å². The molecule has 0 aromatic rings. The molecule has 0 radical (unpaired) electrons. The van der Waals surface area contributed by atoms with Gasteiger partial charge in [0.25, 0.3) is 0 Å². The summed E-state index contributed by atoms with van der Waals surface area (Å²) in [6.45, 7) is 6.66. The number of nitrogens with one attached hydrogen (secondary N) is 1. The van der Waals surface area contributed by atoms with Crippen molar-refractivity contribution in [3.63, 3.8) is 0 Å². The Hall–Kier alpha value is -1.13. The number of hydrogen-bond donors (Lipinski definition) is 2. The van der Waals surface area contributed by atoms with Crippen LogP contribution in [0.2, 0.25) is 0 Å². The van der Waals surface area contributed by atoms with Crippen molar-refractivity contribution in [2.45, 2.75) is 63.9 Å². The second-order valence-electron chi connectivity index (χ2n) is 7.32. The number of hydrogen-bond acceptors (Lipinski definition) is 3. The molecule has 1 aliphatic carbocycles. The van der Waals surface area contributed by atoms with Gasteiger partial charge in [-0.15, -0.1) is 0 Å². The molecule has 2 N–H and O–H groups in total. The van der Waals surface area contributed by atoms with Crippen molar-refractivity contribution in [3.8, 4) is 0 Å². The van der Waals surface area contributed by atoms with Crippen LogP contribution < -0.4 is 5.32 Å². The van der Waals surface area contributed by atoms with E-state index < -0.39 is 17.8 Å². The van der Waals surface area contributed by atoms with Crippen LogP contribution in [0.15, 0.2) is 35.6 Å². The van der Waals surface area contributed by atoms with Crippen LogP contribution in [0.5, 0.6) is 0 Å². The number of rotatable bonds is 3. The first kappa shape index (κ1) is 16.7. The molecule has 5 unspecified atom stereocenters. The van der Waals surface area contributed by atoms with Crippen LogP contribution in [-0.4, -0.2) is 47.0 Å². The zero-order valence-corrected chi connectivity index (χ0v) is 14.4. The average molecular weight is 320 g/mol. The maximum atomic E-state index is 15.3. The van der Waals surface area contributed by atoms with Gasteiger partial charge in [0.15, 0.2) is 0 Å². The largest absolute Gasteiger partial charge is 0.390 e. The first-order chi connectivity index (χ1) is 11.0. The average Bonchev–Trinajstić information content (AvgIpc) is 2.78. The van der Waals surface area contributed by atoms with E-state index >= 15 is 4.39 Å². The highest BCUT2D eigenvalue weighted by Gasteiger charge is 2.51. The molecule has 0 amide bonds. The Morgan fingerprint density at radius 1 is 1.43 bits per heavy atom. The third kappa shape index (κ3) is 2.87. The molecule has 1 saturated heterocycles. The van der Waals surface area contributed by atoms with Crippen molar-refractivity contribution in [1.29, 1.82) is 0 Å². The summed E-state index contributed by atoms with van der Waals surface area (Å²) in [5, 5.41) is 13.6. The van der Waals surface area contributed by atoms with Crippen molar-refractivity contribution >= 4 is 0 Å². The van der Waals surface area contributed by atoms with Gasteiger partial charge < -0.3 is 15.3 Å². The van der Waals surface area contributed by atoms with Gasteiger partial charge in [0, 0.05) is 30.7 Å². The van der Waals surface area contributed by atoms with E-state index in [9.17, 15) is 5.11 Å². The van der Waals surface area contributed by atoms with Crippen molar-refractivity contribution in [3.05, 3.63) is 35.6 Å². The Balaban J connectivity index is 2.02. The molecular weight excluding hydrogens is 291 g/mol. The van der Waals surface area contributed by atoms with E-state index in [2.05, 4.69) is 48.4 Å². The third-order valence-electron chi connectivity index (χ3n) is 5.61. The Morgan fingerprint density at radius 2 is 2.17 bits per heavy atom. The summed E-state index contributed by atoms with van der Waals surface area (Å²) in [4.78, 5) is 2.21. The zero-order chi connectivity index (χ0) is 16.6. The minimum absolute atomic E-state index is 0.268. The van der Waals surface area contributed by atoms with Gasteiger partial charge in [-0.25, -0.2) is 4.39 Å². The van der Waals surface area contributed by atoms with Crippen LogP contribution in [0.1, 0.15) is 40.0 Å². The lowest BCUT2D eigenvalue weighted by molar-refractivity contribution is -0.0606. The normalized spacial score (nSPS) is 41.0. The smallest absolute Gasteiger partial charge is 0.143 e. The molecule has 3 aliphatic rings. The van der Waals surface area contributed by atoms with E-state index in [1.807, 2.05) is 0 Å². The van der Waals surface area contributed by atoms with Crippen LogP contribution in [0.4, 0.5) is 4.39 Å². The lowest BCUT2D eigenvalue weighted by Gasteiger charge is -2.48. The number of fused-ring (bicyclic) bond motifs is 1. The van der Waals surface area contributed by atoms with Crippen LogP contribution in [0.25, 0.3) is 0 Å². The lowest BCUT2D eigenvalue weighted by Crippen LogP contribution is -2.66. The monoisotopic (exact) mass is 320 g/mol. The number of aliphatic hydroxyl groups excluding tert-OH is 1. The fraction of sp³-hybridized carbons (Fsp3) is 0.684. The Kier molecular flexibility index (Phi) is 4.65. The van der Waals surface area contributed by atoms with Gasteiger partial charge in [-0.3, -0.25) is 0 Å². The predicted octanol–water partition coefficient (Wildman–Crippen LogP) is 2.94. The van der Waals surface area contributed by atoms with Crippen molar-refractivity contribution < 1.29 is 9.50 Å². The molecule has 3 rings (SSSR count). The van der Waals surface area contributed by atoms with E-state index in [4.69, 9.17) is 0 Å². The maximum Gasteiger partial charge on any atom is 0.143 e. The molecule has 0 aromatic heterocycles. The van der Waals surface area contributed by atoms with E-state index in [1.165, 1.54) is 5.57 Å². The van der Waals surface area contributed by atoms with Gasteiger partial charge >= 0.3 is 0 Å². The molecular formula is C19H29FN2O. The summed E-state index contributed by atoms with van der Waals surface area (Å²) in [6, 6.07) is -0.221. The standard InChI is InChI=1S/C19H29FN2O/c1-4-5-9-15-13(2)14-8-6-7-10-16(14)22(15)18-17(23)11-21-12-19(18,3)20/h5-7,9,14,16-18,21,23H,4,8,10-12H2,1-3H3. The fourth-order valence-electron chi connectivity index (χ4n) is 4.51. The number of halogens is 1. The van der Waals surface area contributed by atoms with E-state index in [0.29, 0.717) is 19.0 Å². The molecule has 0 bridgehead atoms. The first-order valence-corrected chi connectivity index (χ1v) is 8.85. The minimum atomic E-state index is -1.45. The quantitative estimate of drug-likeness (QED) is 0.785. The van der Waals surface area contributed by atoms with Crippen molar-refractivity contribution in [1.82, 2.24) is 10.2 Å². The molecule has 2 aliphatic heterocycles.